The second-order valence-electron chi connectivity index (χ2n) is 2.62. The predicted octanol–water partition coefficient (Wildman–Crippen LogP) is 1.82. The van der Waals surface area contributed by atoms with Crippen LogP contribution in [0.15, 0.2) is 24.0 Å². The number of hydrogen-bond donors (Lipinski definition) is 0. The Balaban J connectivity index is 2.58. The molecule has 1 unspecified atom stereocenters. The Labute approximate surface area is 66.5 Å². The monoisotopic (exact) mass is 152 g/mol. The highest BCUT2D eigenvalue weighted by atomic mass is 16.5. The summed E-state index contributed by atoms with van der Waals surface area (Å²) < 4.78 is 5.21. The SMILES string of the molecule is CC1C=CCCC(C=O)=CO1. The van der Waals surface area contributed by atoms with Gasteiger partial charge in [-0.25, -0.2) is 0 Å². The summed E-state index contributed by atoms with van der Waals surface area (Å²) in [6.07, 6.45) is 8.25. The van der Waals surface area contributed by atoms with Gasteiger partial charge in [-0.1, -0.05) is 6.08 Å². The Kier molecular flexibility index (Phi) is 2.90. The van der Waals surface area contributed by atoms with Crippen LogP contribution in [-0.4, -0.2) is 12.4 Å². The van der Waals surface area contributed by atoms with Crippen LogP contribution in [0.25, 0.3) is 0 Å². The molecule has 2 nitrogen and oxygen atoms in total. The molecule has 0 saturated carbocycles. The fraction of sp³-hybridized carbons (Fsp3) is 0.444. The van der Waals surface area contributed by atoms with E-state index in [4.69, 9.17) is 4.74 Å². The van der Waals surface area contributed by atoms with E-state index in [-0.39, 0.29) is 6.10 Å². The summed E-state index contributed by atoms with van der Waals surface area (Å²) in [4.78, 5) is 10.4. The van der Waals surface area contributed by atoms with Crippen molar-refractivity contribution in [1.29, 1.82) is 0 Å². The smallest absolute Gasteiger partial charge is 0.149 e. The number of carbonyl (C=O) groups is 1. The summed E-state index contributed by atoms with van der Waals surface area (Å²) in [6, 6.07) is 0. The second-order valence-corrected chi connectivity index (χ2v) is 2.62. The van der Waals surface area contributed by atoms with Crippen LogP contribution in [0, 0.1) is 0 Å². The molecule has 0 N–H and O–H groups in total. The molecule has 0 fully saturated rings. The van der Waals surface area contributed by atoms with Gasteiger partial charge in [-0.3, -0.25) is 4.79 Å². The molecule has 0 aromatic heterocycles. The number of carbonyl (C=O) groups excluding carboxylic acids is 1. The predicted molar refractivity (Wildman–Crippen MR) is 43.1 cm³/mol. The Morgan fingerprint density at radius 3 is 3.27 bits per heavy atom. The van der Waals surface area contributed by atoms with Crippen LogP contribution in [0.4, 0.5) is 0 Å². The van der Waals surface area contributed by atoms with E-state index in [1.807, 2.05) is 19.1 Å². The maximum absolute atomic E-state index is 10.4. The van der Waals surface area contributed by atoms with Gasteiger partial charge in [0.25, 0.3) is 0 Å². The minimum Gasteiger partial charge on any atom is -0.494 e. The lowest BCUT2D eigenvalue weighted by Gasteiger charge is -2.09. The molecule has 0 spiro atoms. The molecule has 0 aromatic carbocycles. The first kappa shape index (κ1) is 8.05. The number of hydrogen-bond acceptors (Lipinski definition) is 2. The fourth-order valence-electron chi connectivity index (χ4n) is 0.924. The Hall–Kier alpha value is -1.05. The molecule has 1 aliphatic rings. The molecule has 0 amide bonds. The van der Waals surface area contributed by atoms with Crippen molar-refractivity contribution in [2.45, 2.75) is 25.9 Å². The molecule has 1 atom stereocenters. The van der Waals surface area contributed by atoms with E-state index in [1.165, 1.54) is 0 Å². The molecule has 0 aromatic rings. The average Bonchev–Trinajstić information content (AvgIpc) is 1.98. The highest BCUT2D eigenvalue weighted by Crippen LogP contribution is 2.09. The van der Waals surface area contributed by atoms with Gasteiger partial charge in [0.15, 0.2) is 0 Å². The maximum atomic E-state index is 10.4. The number of ether oxygens (including phenoxy) is 1. The average molecular weight is 152 g/mol. The minimum absolute atomic E-state index is 0.0882. The molecule has 0 aliphatic carbocycles. The van der Waals surface area contributed by atoms with E-state index in [0.717, 1.165) is 24.7 Å². The van der Waals surface area contributed by atoms with Gasteiger partial charge in [-0.05, 0) is 25.8 Å². The van der Waals surface area contributed by atoms with Crippen LogP contribution in [0.5, 0.6) is 0 Å². The van der Waals surface area contributed by atoms with Crippen LogP contribution in [0.2, 0.25) is 0 Å². The first-order valence-electron chi connectivity index (χ1n) is 3.79. The molecule has 0 radical (unpaired) electrons. The lowest BCUT2D eigenvalue weighted by molar-refractivity contribution is -0.105. The van der Waals surface area contributed by atoms with Crippen LogP contribution in [-0.2, 0) is 9.53 Å². The van der Waals surface area contributed by atoms with E-state index >= 15 is 0 Å². The van der Waals surface area contributed by atoms with Gasteiger partial charge in [0, 0.05) is 5.57 Å². The van der Waals surface area contributed by atoms with E-state index in [2.05, 4.69) is 0 Å². The number of rotatable bonds is 1. The van der Waals surface area contributed by atoms with E-state index in [9.17, 15) is 4.79 Å². The quantitative estimate of drug-likeness (QED) is 0.423. The third-order valence-corrected chi connectivity index (χ3v) is 1.59. The van der Waals surface area contributed by atoms with Crippen molar-refractivity contribution in [2.75, 3.05) is 0 Å². The van der Waals surface area contributed by atoms with E-state index in [1.54, 1.807) is 6.26 Å². The highest BCUT2D eigenvalue weighted by Gasteiger charge is 2.00. The molecule has 1 aliphatic heterocycles. The van der Waals surface area contributed by atoms with Crippen LogP contribution in [0.3, 0.4) is 0 Å². The Morgan fingerprint density at radius 2 is 2.55 bits per heavy atom. The lowest BCUT2D eigenvalue weighted by atomic mass is 10.1. The number of allylic oxidation sites excluding steroid dienone is 2. The van der Waals surface area contributed by atoms with Crippen LogP contribution < -0.4 is 0 Å². The van der Waals surface area contributed by atoms with Gasteiger partial charge in [-0.15, -0.1) is 0 Å². The van der Waals surface area contributed by atoms with Crippen molar-refractivity contribution < 1.29 is 9.53 Å². The Bertz CT molecular complexity index is 192. The molecule has 2 heteroatoms. The largest absolute Gasteiger partial charge is 0.494 e. The van der Waals surface area contributed by atoms with Gasteiger partial charge in [0.05, 0.1) is 6.26 Å². The lowest BCUT2D eigenvalue weighted by Crippen LogP contribution is -2.02. The summed E-state index contributed by atoms with van der Waals surface area (Å²) in [6.45, 7) is 1.95. The van der Waals surface area contributed by atoms with Gasteiger partial charge >= 0.3 is 0 Å². The summed E-state index contributed by atoms with van der Waals surface area (Å²) in [7, 11) is 0. The van der Waals surface area contributed by atoms with Crippen molar-refractivity contribution in [3.05, 3.63) is 24.0 Å². The third-order valence-electron chi connectivity index (χ3n) is 1.59. The highest BCUT2D eigenvalue weighted by molar-refractivity contribution is 5.72. The first-order valence-corrected chi connectivity index (χ1v) is 3.79. The summed E-state index contributed by atoms with van der Waals surface area (Å²) in [5.41, 5.74) is 0.737. The van der Waals surface area contributed by atoms with Crippen molar-refractivity contribution >= 4 is 6.29 Å². The standard InChI is InChI=1S/C9H12O2/c1-8-4-2-3-5-9(6-10)7-11-8/h2,4,6-8H,3,5H2,1H3. The first-order chi connectivity index (χ1) is 5.33. The molecule has 0 saturated heterocycles. The van der Waals surface area contributed by atoms with Gasteiger partial charge in [0.2, 0.25) is 0 Å². The molecule has 1 rings (SSSR count). The Morgan fingerprint density at radius 1 is 1.73 bits per heavy atom. The van der Waals surface area contributed by atoms with E-state index in [0.29, 0.717) is 0 Å². The second kappa shape index (κ2) is 3.96. The van der Waals surface area contributed by atoms with Gasteiger partial charge in [0.1, 0.15) is 12.4 Å². The molecule has 0 bridgehead atoms. The van der Waals surface area contributed by atoms with Gasteiger partial charge in [-0.2, -0.15) is 0 Å². The fourth-order valence-corrected chi connectivity index (χ4v) is 0.924. The summed E-state index contributed by atoms with van der Waals surface area (Å²) in [5.74, 6) is 0. The van der Waals surface area contributed by atoms with Crippen LogP contribution in [0.1, 0.15) is 19.8 Å². The summed E-state index contributed by atoms with van der Waals surface area (Å²) in [5, 5.41) is 0. The molecular weight excluding hydrogens is 140 g/mol. The normalized spacial score (nSPS) is 24.5. The van der Waals surface area contributed by atoms with E-state index < -0.39 is 0 Å². The zero-order valence-electron chi connectivity index (χ0n) is 6.62. The van der Waals surface area contributed by atoms with Crippen LogP contribution >= 0.6 is 0 Å². The summed E-state index contributed by atoms with van der Waals surface area (Å²) >= 11 is 0. The minimum atomic E-state index is 0.0882. The van der Waals surface area contributed by atoms with Crippen molar-refractivity contribution in [3.8, 4) is 0 Å². The molecule has 60 valence electrons. The maximum Gasteiger partial charge on any atom is 0.149 e. The van der Waals surface area contributed by atoms with Gasteiger partial charge < -0.3 is 4.74 Å². The molecule has 1 heterocycles. The zero-order chi connectivity index (χ0) is 8.10. The van der Waals surface area contributed by atoms with Crippen molar-refractivity contribution in [3.63, 3.8) is 0 Å². The topological polar surface area (TPSA) is 26.3 Å². The zero-order valence-corrected chi connectivity index (χ0v) is 6.62. The number of aldehydes is 1. The molecular formula is C9H12O2. The van der Waals surface area contributed by atoms with Crippen molar-refractivity contribution in [2.24, 2.45) is 0 Å². The van der Waals surface area contributed by atoms with Crippen molar-refractivity contribution in [1.82, 2.24) is 0 Å². The molecule has 11 heavy (non-hydrogen) atoms. The third kappa shape index (κ3) is 2.58.